The molecule has 0 aliphatic carbocycles. The van der Waals surface area contributed by atoms with E-state index in [2.05, 4.69) is 10.3 Å². The third-order valence-electron chi connectivity index (χ3n) is 2.59. The van der Waals surface area contributed by atoms with Crippen LogP contribution < -0.4 is 5.32 Å². The lowest BCUT2D eigenvalue weighted by molar-refractivity contribution is -0.384. The highest BCUT2D eigenvalue weighted by molar-refractivity contribution is 5.46. The molecule has 2 rings (SSSR count). The molecule has 9 heteroatoms. The summed E-state index contributed by atoms with van der Waals surface area (Å²) in [5.74, 6) is -6.90. The van der Waals surface area contributed by atoms with E-state index in [4.69, 9.17) is 0 Å². The van der Waals surface area contributed by atoms with E-state index in [0.717, 1.165) is 6.07 Å². The van der Waals surface area contributed by atoms with Gasteiger partial charge in [0.25, 0.3) is 17.6 Å². The highest BCUT2D eigenvalue weighted by Gasteiger charge is 2.20. The van der Waals surface area contributed by atoms with Crippen LogP contribution in [0.2, 0.25) is 0 Å². The maximum absolute atomic E-state index is 13.3. The van der Waals surface area contributed by atoms with Crippen molar-refractivity contribution in [1.82, 2.24) is 4.98 Å². The van der Waals surface area contributed by atoms with Crippen LogP contribution in [-0.4, -0.2) is 9.91 Å². The number of hydrogen-bond donors (Lipinski definition) is 1. The molecule has 0 atom stereocenters. The lowest BCUT2D eigenvalue weighted by Gasteiger charge is -2.09. The molecule has 0 aliphatic heterocycles. The van der Waals surface area contributed by atoms with Crippen LogP contribution in [0.15, 0.2) is 24.3 Å². The first kappa shape index (κ1) is 14.7. The first-order valence-corrected chi connectivity index (χ1v) is 5.57. The molecule has 1 aromatic carbocycles. The number of aromatic nitrogens is 1. The van der Waals surface area contributed by atoms with Gasteiger partial charge in [0.1, 0.15) is 5.69 Å². The van der Waals surface area contributed by atoms with Crippen molar-refractivity contribution in [3.63, 3.8) is 0 Å². The molecule has 0 unspecified atom stereocenters. The molecule has 0 radical (unpaired) electrons. The van der Waals surface area contributed by atoms with Crippen molar-refractivity contribution in [3.05, 3.63) is 63.5 Å². The molecular formula is C12H7F4N3O2. The van der Waals surface area contributed by atoms with E-state index in [1.54, 1.807) is 0 Å². The summed E-state index contributed by atoms with van der Waals surface area (Å²) in [6.07, 6.45) is 0. The SMILES string of the molecule is O=[N+]([O-])c1cccc(CNc2c(F)c(F)nc(F)c2F)c1. The van der Waals surface area contributed by atoms with Gasteiger partial charge < -0.3 is 5.32 Å². The Morgan fingerprint density at radius 1 is 1.14 bits per heavy atom. The van der Waals surface area contributed by atoms with Crippen LogP contribution in [0.25, 0.3) is 0 Å². The molecule has 1 heterocycles. The van der Waals surface area contributed by atoms with Crippen molar-refractivity contribution in [1.29, 1.82) is 0 Å². The third kappa shape index (κ3) is 3.07. The van der Waals surface area contributed by atoms with Crippen molar-refractivity contribution in [3.8, 4) is 0 Å². The summed E-state index contributed by atoms with van der Waals surface area (Å²) in [6, 6.07) is 5.21. The molecule has 0 saturated heterocycles. The third-order valence-corrected chi connectivity index (χ3v) is 2.59. The summed E-state index contributed by atoms with van der Waals surface area (Å²) in [4.78, 5) is 12.4. The van der Waals surface area contributed by atoms with Crippen molar-refractivity contribution in [2.24, 2.45) is 0 Å². The Hall–Kier alpha value is -2.71. The second-order valence-electron chi connectivity index (χ2n) is 3.98. The van der Waals surface area contributed by atoms with Gasteiger partial charge in [-0.25, -0.2) is 0 Å². The standard InChI is InChI=1S/C12H7F4N3O2/c13-8-10(9(14)12(16)18-11(8)15)17-5-6-2-1-3-7(4-6)19(20)21/h1-4H,5H2,(H,17,18). The molecule has 0 saturated carbocycles. The van der Waals surface area contributed by atoms with Crippen LogP contribution in [0.4, 0.5) is 28.9 Å². The number of nitrogens with zero attached hydrogens (tertiary/aromatic N) is 2. The number of non-ortho nitro benzene ring substituents is 1. The van der Waals surface area contributed by atoms with Crippen molar-refractivity contribution >= 4 is 11.4 Å². The molecule has 1 aromatic heterocycles. The predicted octanol–water partition coefficient (Wildman–Crippen LogP) is 3.16. The number of nitro groups is 1. The lowest BCUT2D eigenvalue weighted by atomic mass is 10.2. The minimum absolute atomic E-state index is 0.220. The predicted molar refractivity (Wildman–Crippen MR) is 64.5 cm³/mol. The first-order valence-electron chi connectivity index (χ1n) is 5.57. The van der Waals surface area contributed by atoms with E-state index >= 15 is 0 Å². The zero-order valence-corrected chi connectivity index (χ0v) is 10.2. The summed E-state index contributed by atoms with van der Waals surface area (Å²) in [5.41, 5.74) is -0.936. The minimum Gasteiger partial charge on any atom is -0.376 e. The largest absolute Gasteiger partial charge is 0.376 e. The smallest absolute Gasteiger partial charge is 0.269 e. The van der Waals surface area contributed by atoms with Gasteiger partial charge in [0.15, 0.2) is 0 Å². The number of benzene rings is 1. The average Bonchev–Trinajstić information content (AvgIpc) is 2.45. The molecular weight excluding hydrogens is 294 g/mol. The van der Waals surface area contributed by atoms with Gasteiger partial charge in [0.2, 0.25) is 11.6 Å². The summed E-state index contributed by atoms with van der Waals surface area (Å²) in [6.45, 7) is -0.265. The fraction of sp³-hybridized carbons (Fsp3) is 0.0833. The Morgan fingerprint density at radius 2 is 1.76 bits per heavy atom. The maximum atomic E-state index is 13.3. The molecule has 0 spiro atoms. The van der Waals surface area contributed by atoms with Gasteiger partial charge in [-0.1, -0.05) is 12.1 Å². The van der Waals surface area contributed by atoms with Crippen LogP contribution >= 0.6 is 0 Å². The molecule has 21 heavy (non-hydrogen) atoms. The fourth-order valence-corrected chi connectivity index (χ4v) is 1.61. The van der Waals surface area contributed by atoms with Crippen LogP contribution in [0.1, 0.15) is 5.56 Å². The number of pyridine rings is 1. The molecule has 0 bridgehead atoms. The van der Waals surface area contributed by atoms with Crippen molar-refractivity contribution in [2.45, 2.75) is 6.54 Å². The monoisotopic (exact) mass is 301 g/mol. The molecule has 0 fully saturated rings. The number of rotatable bonds is 4. The highest BCUT2D eigenvalue weighted by atomic mass is 19.2. The zero-order chi connectivity index (χ0) is 15.6. The minimum atomic E-state index is -1.78. The Bertz CT molecular complexity index is 683. The second-order valence-corrected chi connectivity index (χ2v) is 3.98. The van der Waals surface area contributed by atoms with Gasteiger partial charge in [-0.05, 0) is 5.56 Å². The summed E-state index contributed by atoms with van der Waals surface area (Å²) >= 11 is 0. The molecule has 5 nitrogen and oxygen atoms in total. The normalized spacial score (nSPS) is 10.5. The first-order chi connectivity index (χ1) is 9.90. The van der Waals surface area contributed by atoms with E-state index in [1.807, 2.05) is 0 Å². The topological polar surface area (TPSA) is 68.1 Å². The van der Waals surface area contributed by atoms with Gasteiger partial charge in [0.05, 0.1) is 4.92 Å². The van der Waals surface area contributed by atoms with Crippen LogP contribution in [0.5, 0.6) is 0 Å². The quantitative estimate of drug-likeness (QED) is 0.407. The lowest BCUT2D eigenvalue weighted by Crippen LogP contribution is -2.09. The van der Waals surface area contributed by atoms with E-state index in [-0.39, 0.29) is 12.2 Å². The Balaban J connectivity index is 2.25. The van der Waals surface area contributed by atoms with Crippen LogP contribution in [0.3, 0.4) is 0 Å². The Kier molecular flexibility index (Phi) is 4.01. The van der Waals surface area contributed by atoms with Crippen molar-refractivity contribution in [2.75, 3.05) is 5.32 Å². The molecule has 0 amide bonds. The Labute approximate surface area is 115 Å². The van der Waals surface area contributed by atoms with Crippen LogP contribution in [0, 0.1) is 33.6 Å². The van der Waals surface area contributed by atoms with E-state index in [9.17, 15) is 27.7 Å². The summed E-state index contributed by atoms with van der Waals surface area (Å²) < 4.78 is 52.5. The molecule has 2 aromatic rings. The zero-order valence-electron chi connectivity index (χ0n) is 10.2. The molecule has 1 N–H and O–H groups in total. The van der Waals surface area contributed by atoms with E-state index in [0.29, 0.717) is 5.56 Å². The Morgan fingerprint density at radius 3 is 2.33 bits per heavy atom. The number of hydrogen-bond acceptors (Lipinski definition) is 4. The average molecular weight is 301 g/mol. The van der Waals surface area contributed by atoms with Crippen LogP contribution in [-0.2, 0) is 6.54 Å². The number of anilines is 1. The number of nitrogens with one attached hydrogen (secondary N) is 1. The van der Waals surface area contributed by atoms with E-state index in [1.165, 1.54) is 18.2 Å². The van der Waals surface area contributed by atoms with Crippen molar-refractivity contribution < 1.29 is 22.5 Å². The molecule has 0 aliphatic rings. The van der Waals surface area contributed by atoms with Gasteiger partial charge >= 0.3 is 0 Å². The molecule has 110 valence electrons. The van der Waals surface area contributed by atoms with Gasteiger partial charge in [-0.3, -0.25) is 10.1 Å². The maximum Gasteiger partial charge on any atom is 0.269 e. The highest BCUT2D eigenvalue weighted by Crippen LogP contribution is 2.23. The number of halogens is 4. The van der Waals surface area contributed by atoms with Gasteiger partial charge in [0, 0.05) is 18.7 Å². The summed E-state index contributed by atoms with van der Waals surface area (Å²) in [7, 11) is 0. The fourth-order valence-electron chi connectivity index (χ4n) is 1.61. The second kappa shape index (κ2) is 5.73. The van der Waals surface area contributed by atoms with Gasteiger partial charge in [-0.2, -0.15) is 22.5 Å². The summed E-state index contributed by atoms with van der Waals surface area (Å²) in [5, 5.41) is 12.7. The number of nitro benzene ring substituents is 1. The van der Waals surface area contributed by atoms with E-state index < -0.39 is 34.1 Å². The van der Waals surface area contributed by atoms with Gasteiger partial charge in [-0.15, -0.1) is 0 Å².